The van der Waals surface area contributed by atoms with Gasteiger partial charge >= 0.3 is 5.97 Å². The number of methoxy groups -OCH3 is 1. The van der Waals surface area contributed by atoms with Gasteiger partial charge < -0.3 is 19.7 Å². The highest BCUT2D eigenvalue weighted by atomic mass is 16.5. The molecule has 0 saturated heterocycles. The molecular weight excluding hydrogens is 248 g/mol. The number of ether oxygens (including phenoxy) is 2. The van der Waals surface area contributed by atoms with E-state index in [1.54, 1.807) is 37.1 Å². The molecule has 1 aliphatic heterocycles. The van der Waals surface area contributed by atoms with Crippen LogP contribution in [0.1, 0.15) is 6.92 Å². The van der Waals surface area contributed by atoms with Gasteiger partial charge in [-0.05, 0) is 19.1 Å². The number of fused-ring (bicyclic) bond motifs is 1. The van der Waals surface area contributed by atoms with Gasteiger partial charge in [-0.2, -0.15) is 0 Å². The van der Waals surface area contributed by atoms with Crippen LogP contribution in [0, 0.1) is 0 Å². The third-order valence-electron chi connectivity index (χ3n) is 2.98. The van der Waals surface area contributed by atoms with E-state index < -0.39 is 6.04 Å². The molecule has 2 rings (SSSR count). The van der Waals surface area contributed by atoms with E-state index in [1.807, 2.05) is 0 Å². The minimum Gasteiger partial charge on any atom is -0.481 e. The standard InChI is InChI=1S/C13H16N2O4/c1-8(13(17)18-3)14-9-4-5-10-11(6-9)19-7-12(16)15(10)2/h4-6,8,14H,7H2,1-3H3/t8-/m0/s1. The Labute approximate surface area is 111 Å². The first-order valence-electron chi connectivity index (χ1n) is 5.90. The predicted molar refractivity (Wildman–Crippen MR) is 70.4 cm³/mol. The van der Waals surface area contributed by atoms with Crippen LogP contribution >= 0.6 is 0 Å². The molecule has 102 valence electrons. The van der Waals surface area contributed by atoms with Crippen LogP contribution in [0.2, 0.25) is 0 Å². The van der Waals surface area contributed by atoms with Crippen molar-refractivity contribution in [2.45, 2.75) is 13.0 Å². The summed E-state index contributed by atoms with van der Waals surface area (Å²) >= 11 is 0. The van der Waals surface area contributed by atoms with Crippen LogP contribution in [0.25, 0.3) is 0 Å². The van der Waals surface area contributed by atoms with E-state index in [1.165, 1.54) is 7.11 Å². The van der Waals surface area contributed by atoms with Crippen molar-refractivity contribution in [2.24, 2.45) is 0 Å². The Morgan fingerprint density at radius 1 is 1.53 bits per heavy atom. The molecule has 1 amide bonds. The van der Waals surface area contributed by atoms with Gasteiger partial charge in [-0.15, -0.1) is 0 Å². The molecule has 0 saturated carbocycles. The summed E-state index contributed by atoms with van der Waals surface area (Å²) in [5, 5.41) is 3.01. The fraction of sp³-hybridized carbons (Fsp3) is 0.385. The number of nitrogens with one attached hydrogen (secondary N) is 1. The zero-order valence-corrected chi connectivity index (χ0v) is 11.1. The van der Waals surface area contributed by atoms with Gasteiger partial charge in [-0.25, -0.2) is 4.79 Å². The van der Waals surface area contributed by atoms with Gasteiger partial charge in [0.25, 0.3) is 5.91 Å². The number of nitrogens with zero attached hydrogens (tertiary/aromatic N) is 1. The monoisotopic (exact) mass is 264 g/mol. The van der Waals surface area contributed by atoms with Gasteiger partial charge in [0, 0.05) is 18.8 Å². The van der Waals surface area contributed by atoms with Gasteiger partial charge in [-0.1, -0.05) is 0 Å². The lowest BCUT2D eigenvalue weighted by molar-refractivity contribution is -0.141. The number of esters is 1. The smallest absolute Gasteiger partial charge is 0.327 e. The molecular formula is C13H16N2O4. The lowest BCUT2D eigenvalue weighted by atomic mass is 10.2. The number of carbonyl (C=O) groups excluding carboxylic acids is 2. The Balaban J connectivity index is 2.18. The quantitative estimate of drug-likeness (QED) is 0.825. The first kappa shape index (κ1) is 13.2. The average molecular weight is 264 g/mol. The van der Waals surface area contributed by atoms with E-state index in [0.29, 0.717) is 11.4 Å². The summed E-state index contributed by atoms with van der Waals surface area (Å²) in [6, 6.07) is 4.87. The number of amides is 1. The summed E-state index contributed by atoms with van der Waals surface area (Å²) in [7, 11) is 3.05. The Morgan fingerprint density at radius 2 is 2.26 bits per heavy atom. The summed E-state index contributed by atoms with van der Waals surface area (Å²) in [4.78, 5) is 24.4. The van der Waals surface area contributed by atoms with E-state index in [0.717, 1.165) is 5.69 Å². The number of carbonyl (C=O) groups is 2. The molecule has 0 aromatic heterocycles. The highest BCUT2D eigenvalue weighted by molar-refractivity contribution is 5.97. The van der Waals surface area contributed by atoms with Gasteiger partial charge in [0.1, 0.15) is 11.8 Å². The Morgan fingerprint density at radius 3 is 2.95 bits per heavy atom. The third-order valence-corrected chi connectivity index (χ3v) is 2.98. The van der Waals surface area contributed by atoms with Gasteiger partial charge in [0.05, 0.1) is 12.8 Å². The van der Waals surface area contributed by atoms with Crippen LogP contribution in [-0.2, 0) is 14.3 Å². The van der Waals surface area contributed by atoms with Gasteiger partial charge in [0.2, 0.25) is 0 Å². The molecule has 1 aromatic carbocycles. The van der Waals surface area contributed by atoms with Crippen molar-refractivity contribution >= 4 is 23.3 Å². The van der Waals surface area contributed by atoms with E-state index in [2.05, 4.69) is 10.1 Å². The summed E-state index contributed by atoms with van der Waals surface area (Å²) in [6.07, 6.45) is 0. The highest BCUT2D eigenvalue weighted by Crippen LogP contribution is 2.33. The van der Waals surface area contributed by atoms with Crippen LogP contribution in [-0.4, -0.2) is 38.7 Å². The maximum Gasteiger partial charge on any atom is 0.327 e. The second-order valence-electron chi connectivity index (χ2n) is 4.31. The van der Waals surface area contributed by atoms with Crippen molar-refractivity contribution in [3.8, 4) is 5.75 Å². The SMILES string of the molecule is COC(=O)[C@H](C)Nc1ccc2c(c1)OCC(=O)N2C. The van der Waals surface area contributed by atoms with Crippen LogP contribution in [0.5, 0.6) is 5.75 Å². The normalized spacial score (nSPS) is 15.3. The second kappa shape index (κ2) is 5.17. The molecule has 0 bridgehead atoms. The van der Waals surface area contributed by atoms with Crippen molar-refractivity contribution in [1.29, 1.82) is 0 Å². The van der Waals surface area contributed by atoms with Gasteiger partial charge in [0.15, 0.2) is 6.61 Å². The molecule has 6 nitrogen and oxygen atoms in total. The van der Waals surface area contributed by atoms with E-state index >= 15 is 0 Å². The number of likely N-dealkylation sites (N-methyl/N-ethyl adjacent to an activating group) is 1. The topological polar surface area (TPSA) is 67.9 Å². The maximum atomic E-state index is 11.5. The Bertz CT molecular complexity index is 515. The van der Waals surface area contributed by atoms with E-state index in [9.17, 15) is 9.59 Å². The van der Waals surface area contributed by atoms with Crippen molar-refractivity contribution in [2.75, 3.05) is 31.0 Å². The third kappa shape index (κ3) is 2.62. The fourth-order valence-electron chi connectivity index (χ4n) is 1.85. The minimum absolute atomic E-state index is 0.0273. The van der Waals surface area contributed by atoms with Crippen LogP contribution in [0.4, 0.5) is 11.4 Å². The number of benzene rings is 1. The molecule has 6 heteroatoms. The number of anilines is 2. The zero-order valence-electron chi connectivity index (χ0n) is 11.1. The average Bonchev–Trinajstić information content (AvgIpc) is 2.42. The largest absolute Gasteiger partial charge is 0.481 e. The number of rotatable bonds is 3. The van der Waals surface area contributed by atoms with Crippen molar-refractivity contribution in [3.63, 3.8) is 0 Å². The molecule has 0 radical (unpaired) electrons. The summed E-state index contributed by atoms with van der Waals surface area (Å²) in [5.74, 6) is 0.186. The molecule has 1 heterocycles. The molecule has 0 unspecified atom stereocenters. The molecule has 1 atom stereocenters. The lowest BCUT2D eigenvalue weighted by Gasteiger charge is -2.26. The predicted octanol–water partition coefficient (Wildman–Crippen LogP) is 1.02. The summed E-state index contributed by atoms with van der Waals surface area (Å²) < 4.78 is 10.0. The van der Waals surface area contributed by atoms with Crippen LogP contribution < -0.4 is 15.0 Å². The maximum absolute atomic E-state index is 11.5. The van der Waals surface area contributed by atoms with Gasteiger partial charge in [-0.3, -0.25) is 4.79 Å². The first-order chi connectivity index (χ1) is 9.02. The lowest BCUT2D eigenvalue weighted by Crippen LogP contribution is -2.35. The van der Waals surface area contributed by atoms with Crippen LogP contribution in [0.3, 0.4) is 0 Å². The van der Waals surface area contributed by atoms with E-state index in [4.69, 9.17) is 4.74 Å². The Hall–Kier alpha value is -2.24. The minimum atomic E-state index is -0.453. The van der Waals surface area contributed by atoms with Crippen molar-refractivity contribution < 1.29 is 19.1 Å². The molecule has 1 aromatic rings. The first-order valence-corrected chi connectivity index (χ1v) is 5.90. The molecule has 0 spiro atoms. The summed E-state index contributed by atoms with van der Waals surface area (Å²) in [5.41, 5.74) is 1.45. The van der Waals surface area contributed by atoms with Crippen molar-refractivity contribution in [1.82, 2.24) is 0 Å². The molecule has 1 aliphatic rings. The fourth-order valence-corrected chi connectivity index (χ4v) is 1.85. The zero-order chi connectivity index (χ0) is 14.0. The van der Waals surface area contributed by atoms with Crippen molar-refractivity contribution in [3.05, 3.63) is 18.2 Å². The molecule has 1 N–H and O–H groups in total. The Kier molecular flexibility index (Phi) is 3.59. The van der Waals surface area contributed by atoms with E-state index in [-0.39, 0.29) is 18.5 Å². The number of hydrogen-bond acceptors (Lipinski definition) is 5. The molecule has 0 aliphatic carbocycles. The number of hydrogen-bond donors (Lipinski definition) is 1. The highest BCUT2D eigenvalue weighted by Gasteiger charge is 2.22. The summed E-state index contributed by atoms with van der Waals surface area (Å²) in [6.45, 7) is 1.74. The second-order valence-corrected chi connectivity index (χ2v) is 4.31. The van der Waals surface area contributed by atoms with Crippen LogP contribution in [0.15, 0.2) is 18.2 Å². The molecule has 0 fully saturated rings. The molecule has 19 heavy (non-hydrogen) atoms.